The first-order valence-corrected chi connectivity index (χ1v) is 9.77. The van der Waals surface area contributed by atoms with E-state index >= 15 is 0 Å². The summed E-state index contributed by atoms with van der Waals surface area (Å²) in [5.41, 5.74) is 2.69. The Hall–Kier alpha value is -2.80. The highest BCUT2D eigenvalue weighted by molar-refractivity contribution is 7.80. The third-order valence-electron chi connectivity index (χ3n) is 4.97. The molecule has 0 aliphatic carbocycles. The van der Waals surface area contributed by atoms with Crippen LogP contribution >= 0.6 is 12.2 Å². The highest BCUT2D eigenvalue weighted by Crippen LogP contribution is 2.41. The lowest BCUT2D eigenvalue weighted by Gasteiger charge is -2.38. The first kappa shape index (κ1) is 20.9. The van der Waals surface area contributed by atoms with Crippen molar-refractivity contribution in [2.45, 2.75) is 38.8 Å². The molecular formula is C22H26N2O4S. The topological polar surface area (TPSA) is 68.8 Å². The number of carbonyl (C=O) groups is 1. The molecule has 0 amide bonds. The lowest BCUT2D eigenvalue weighted by atomic mass is 9.89. The summed E-state index contributed by atoms with van der Waals surface area (Å²) < 4.78 is 16.3. The lowest BCUT2D eigenvalue weighted by molar-refractivity contribution is 0.0599. The van der Waals surface area contributed by atoms with Gasteiger partial charge < -0.3 is 24.8 Å². The fraction of sp³-hybridized carbons (Fsp3) is 0.364. The van der Waals surface area contributed by atoms with Crippen LogP contribution < -0.4 is 20.1 Å². The molecule has 0 spiro atoms. The predicted octanol–water partition coefficient (Wildman–Crippen LogP) is 4.38. The molecule has 1 aliphatic rings. The number of nitrogens with one attached hydrogen (secondary N) is 2. The summed E-state index contributed by atoms with van der Waals surface area (Å²) in [4.78, 5) is 11.9. The van der Waals surface area contributed by atoms with Gasteiger partial charge in [-0.15, -0.1) is 0 Å². The van der Waals surface area contributed by atoms with Gasteiger partial charge in [-0.05, 0) is 68.9 Å². The van der Waals surface area contributed by atoms with Gasteiger partial charge in [-0.25, -0.2) is 4.79 Å². The van der Waals surface area contributed by atoms with Crippen molar-refractivity contribution in [3.8, 4) is 11.5 Å². The number of thiocarbonyl (C=S) groups is 1. The molecule has 1 unspecified atom stereocenters. The smallest absolute Gasteiger partial charge is 0.338 e. The van der Waals surface area contributed by atoms with Crippen molar-refractivity contribution in [3.63, 3.8) is 0 Å². The van der Waals surface area contributed by atoms with Gasteiger partial charge in [0, 0.05) is 17.7 Å². The van der Waals surface area contributed by atoms with Crippen molar-refractivity contribution in [3.05, 3.63) is 53.1 Å². The molecule has 154 valence electrons. The molecular weight excluding hydrogens is 388 g/mol. The molecule has 7 heteroatoms. The van der Waals surface area contributed by atoms with Gasteiger partial charge >= 0.3 is 5.97 Å². The van der Waals surface area contributed by atoms with Crippen molar-refractivity contribution in [2.24, 2.45) is 0 Å². The Morgan fingerprint density at radius 3 is 2.69 bits per heavy atom. The third kappa shape index (κ3) is 4.62. The summed E-state index contributed by atoms with van der Waals surface area (Å²) >= 11 is 5.57. The number of hydrogen-bond donors (Lipinski definition) is 2. The van der Waals surface area contributed by atoms with Gasteiger partial charge in [-0.1, -0.05) is 6.07 Å². The van der Waals surface area contributed by atoms with Gasteiger partial charge in [-0.3, -0.25) is 0 Å². The van der Waals surface area contributed by atoms with Gasteiger partial charge in [0.05, 0.1) is 25.8 Å². The molecule has 1 atom stereocenters. The van der Waals surface area contributed by atoms with E-state index < -0.39 is 0 Å². The van der Waals surface area contributed by atoms with E-state index in [1.165, 1.54) is 7.11 Å². The Labute approximate surface area is 176 Å². The first-order chi connectivity index (χ1) is 13.7. The maximum absolute atomic E-state index is 11.9. The normalized spacial score (nSPS) is 16.8. The van der Waals surface area contributed by atoms with Crippen LogP contribution in [0.15, 0.2) is 36.4 Å². The number of hydrogen-bond acceptors (Lipinski definition) is 5. The van der Waals surface area contributed by atoms with E-state index in [1.807, 2.05) is 31.2 Å². The van der Waals surface area contributed by atoms with Crippen LogP contribution in [0.2, 0.25) is 0 Å². The average Bonchev–Trinajstić information content (AvgIpc) is 2.68. The summed E-state index contributed by atoms with van der Waals surface area (Å²) in [5, 5.41) is 7.06. The van der Waals surface area contributed by atoms with Gasteiger partial charge in [0.25, 0.3) is 0 Å². The van der Waals surface area contributed by atoms with E-state index in [0.29, 0.717) is 10.7 Å². The van der Waals surface area contributed by atoms with E-state index in [1.54, 1.807) is 19.2 Å². The van der Waals surface area contributed by atoms with E-state index in [9.17, 15) is 4.79 Å². The molecule has 0 radical (unpaired) electrons. The fourth-order valence-electron chi connectivity index (χ4n) is 3.51. The van der Waals surface area contributed by atoms with Crippen molar-refractivity contribution < 1.29 is 19.0 Å². The summed E-state index contributed by atoms with van der Waals surface area (Å²) in [6.07, 6.45) is 0.732. The molecule has 1 aliphatic heterocycles. The van der Waals surface area contributed by atoms with E-state index in [-0.39, 0.29) is 17.6 Å². The number of carbonyl (C=O) groups excluding carboxylic acids is 1. The standard InChI is InChI=1S/C22H26N2O4S/c1-13-15(20(25)27-5)7-6-8-17(13)23-21(29)24-18-12-22(2,3)28-19-10-9-14(26-4)11-16(18)19/h6-11,18H,12H2,1-5H3,(H2,23,24,29). The predicted molar refractivity (Wildman–Crippen MR) is 117 cm³/mol. The lowest BCUT2D eigenvalue weighted by Crippen LogP contribution is -2.42. The zero-order chi connectivity index (χ0) is 21.2. The zero-order valence-corrected chi connectivity index (χ0v) is 18.1. The SMILES string of the molecule is COC(=O)c1cccc(NC(=S)NC2CC(C)(C)Oc3ccc(OC)cc32)c1C. The second-order valence-electron chi connectivity index (χ2n) is 7.59. The van der Waals surface area contributed by atoms with Crippen molar-refractivity contribution in [1.82, 2.24) is 5.32 Å². The Bertz CT molecular complexity index is 942. The van der Waals surface area contributed by atoms with Crippen molar-refractivity contribution >= 4 is 29.0 Å². The summed E-state index contributed by atoms with van der Waals surface area (Å²) in [6.45, 7) is 5.96. The molecule has 0 fully saturated rings. The maximum atomic E-state index is 11.9. The second kappa shape index (κ2) is 8.29. The van der Waals surface area contributed by atoms with Crippen LogP contribution in [0.3, 0.4) is 0 Å². The molecule has 0 bridgehead atoms. The highest BCUT2D eigenvalue weighted by Gasteiger charge is 2.34. The minimum Gasteiger partial charge on any atom is -0.497 e. The fourth-order valence-corrected chi connectivity index (χ4v) is 3.76. The van der Waals surface area contributed by atoms with Gasteiger partial charge in [-0.2, -0.15) is 0 Å². The average molecular weight is 415 g/mol. The van der Waals surface area contributed by atoms with Crippen LogP contribution in [0.25, 0.3) is 0 Å². The Kier molecular flexibility index (Phi) is 5.98. The molecule has 29 heavy (non-hydrogen) atoms. The van der Waals surface area contributed by atoms with Crippen LogP contribution in [0.5, 0.6) is 11.5 Å². The number of rotatable bonds is 4. The minimum absolute atomic E-state index is 0.0482. The molecule has 2 aromatic carbocycles. The monoisotopic (exact) mass is 414 g/mol. The van der Waals surface area contributed by atoms with Crippen LogP contribution in [-0.2, 0) is 4.74 Å². The van der Waals surface area contributed by atoms with Crippen LogP contribution in [-0.4, -0.2) is 30.9 Å². The van der Waals surface area contributed by atoms with Gasteiger partial charge in [0.2, 0.25) is 0 Å². The van der Waals surface area contributed by atoms with Gasteiger partial charge in [0.1, 0.15) is 17.1 Å². The first-order valence-electron chi connectivity index (χ1n) is 9.36. The summed E-state index contributed by atoms with van der Waals surface area (Å²) in [5.74, 6) is 1.20. The number of methoxy groups -OCH3 is 2. The molecule has 1 heterocycles. The molecule has 2 aromatic rings. The molecule has 3 rings (SSSR count). The Morgan fingerprint density at radius 2 is 2.00 bits per heavy atom. The summed E-state index contributed by atoms with van der Waals surface area (Å²) in [7, 11) is 3.01. The van der Waals surface area contributed by atoms with E-state index in [4.69, 9.17) is 26.4 Å². The number of fused-ring (bicyclic) bond motifs is 1. The van der Waals surface area contributed by atoms with Gasteiger partial charge in [0.15, 0.2) is 5.11 Å². The molecule has 6 nitrogen and oxygen atoms in total. The molecule has 2 N–H and O–H groups in total. The summed E-state index contributed by atoms with van der Waals surface area (Å²) in [6, 6.07) is 11.1. The third-order valence-corrected chi connectivity index (χ3v) is 5.19. The van der Waals surface area contributed by atoms with E-state index in [0.717, 1.165) is 34.7 Å². The Balaban J connectivity index is 1.82. The van der Waals surface area contributed by atoms with E-state index in [2.05, 4.69) is 24.5 Å². The largest absolute Gasteiger partial charge is 0.497 e. The quantitative estimate of drug-likeness (QED) is 0.568. The Morgan fingerprint density at radius 1 is 1.24 bits per heavy atom. The maximum Gasteiger partial charge on any atom is 0.338 e. The molecule has 0 saturated carbocycles. The molecule has 0 saturated heterocycles. The van der Waals surface area contributed by atoms with Crippen LogP contribution in [0.4, 0.5) is 5.69 Å². The number of esters is 1. The number of ether oxygens (including phenoxy) is 3. The highest BCUT2D eigenvalue weighted by atomic mass is 32.1. The number of anilines is 1. The van der Waals surface area contributed by atoms with Crippen molar-refractivity contribution in [1.29, 1.82) is 0 Å². The molecule has 0 aromatic heterocycles. The van der Waals surface area contributed by atoms with Crippen LogP contribution in [0, 0.1) is 6.92 Å². The minimum atomic E-state index is -0.378. The zero-order valence-electron chi connectivity index (χ0n) is 17.3. The number of benzene rings is 2. The van der Waals surface area contributed by atoms with Crippen LogP contribution in [0.1, 0.15) is 47.8 Å². The second-order valence-corrected chi connectivity index (χ2v) is 8.00. The van der Waals surface area contributed by atoms with Crippen molar-refractivity contribution in [2.75, 3.05) is 19.5 Å².